The summed E-state index contributed by atoms with van der Waals surface area (Å²) in [5, 5.41) is 14.3. The van der Waals surface area contributed by atoms with E-state index in [9.17, 15) is 0 Å². The average molecular weight is 547 g/mol. The summed E-state index contributed by atoms with van der Waals surface area (Å²) in [7, 11) is 0. The van der Waals surface area contributed by atoms with Gasteiger partial charge in [0.15, 0.2) is 5.96 Å². The predicted molar refractivity (Wildman–Crippen MR) is 128 cm³/mol. The van der Waals surface area contributed by atoms with Crippen molar-refractivity contribution in [2.75, 3.05) is 6.54 Å². The van der Waals surface area contributed by atoms with E-state index in [2.05, 4.69) is 50.0 Å². The second-order valence-corrected chi connectivity index (χ2v) is 7.77. The summed E-state index contributed by atoms with van der Waals surface area (Å²) in [6, 6.07) is 7.29. The summed E-state index contributed by atoms with van der Waals surface area (Å²) in [5.74, 6) is 2.07. The molecule has 3 aromatic rings. The van der Waals surface area contributed by atoms with Gasteiger partial charge < -0.3 is 15.2 Å². The van der Waals surface area contributed by atoms with Gasteiger partial charge in [-0.15, -0.1) is 35.3 Å². The third-order valence-electron chi connectivity index (χ3n) is 3.86. The van der Waals surface area contributed by atoms with Crippen LogP contribution >= 0.6 is 46.9 Å². The van der Waals surface area contributed by atoms with Gasteiger partial charge in [0, 0.05) is 22.5 Å². The maximum absolute atomic E-state index is 5.91. The maximum Gasteiger partial charge on any atom is 0.248 e. The molecule has 0 spiro atoms. The minimum atomic E-state index is 0. The van der Waals surface area contributed by atoms with Crippen molar-refractivity contribution in [3.05, 3.63) is 51.3 Å². The van der Waals surface area contributed by atoms with Crippen LogP contribution in [0, 0.1) is 0 Å². The Morgan fingerprint density at radius 2 is 1.97 bits per heavy atom. The van der Waals surface area contributed by atoms with E-state index in [-0.39, 0.29) is 30.5 Å². The van der Waals surface area contributed by atoms with E-state index in [0.29, 0.717) is 35.2 Å². The lowest BCUT2D eigenvalue weighted by atomic mass is 10.2. The van der Waals surface area contributed by atoms with Crippen LogP contribution in [0.2, 0.25) is 5.02 Å². The van der Waals surface area contributed by atoms with E-state index in [1.165, 1.54) is 0 Å². The lowest BCUT2D eigenvalue weighted by molar-refractivity contribution is 0.380. The number of aliphatic imine (C=N–C) groups is 1. The van der Waals surface area contributed by atoms with Crippen molar-refractivity contribution in [3.8, 4) is 11.4 Å². The number of aromatic nitrogens is 3. The third-order valence-corrected chi connectivity index (χ3v) is 4.97. The molecule has 0 aliphatic heterocycles. The van der Waals surface area contributed by atoms with Crippen molar-refractivity contribution < 1.29 is 4.52 Å². The van der Waals surface area contributed by atoms with Crippen molar-refractivity contribution in [2.24, 2.45) is 4.99 Å². The quantitative estimate of drug-likeness (QED) is 0.250. The van der Waals surface area contributed by atoms with Gasteiger partial charge in [-0.25, -0.2) is 9.98 Å². The van der Waals surface area contributed by atoms with Gasteiger partial charge in [0.05, 0.1) is 12.2 Å². The smallest absolute Gasteiger partial charge is 0.248 e. The maximum atomic E-state index is 5.91. The first-order valence-corrected chi connectivity index (χ1v) is 10.4. The molecule has 29 heavy (non-hydrogen) atoms. The number of benzene rings is 1. The molecule has 2 N–H and O–H groups in total. The fourth-order valence-electron chi connectivity index (χ4n) is 2.35. The standard InChI is InChI=1S/C19H23ClN6OS.HI/c1-4-21-19(23-10-17-24-15(11-28-17)12(2)3)22-9-16-25-18(26-27-16)13-5-7-14(20)8-6-13;/h5-8,11-12H,4,9-10H2,1-3H3,(H2,21,22,23);1H. The van der Waals surface area contributed by atoms with Crippen molar-refractivity contribution in [1.29, 1.82) is 0 Å². The van der Waals surface area contributed by atoms with Gasteiger partial charge in [-0.3, -0.25) is 0 Å². The molecule has 0 unspecified atom stereocenters. The molecule has 0 amide bonds. The normalized spacial score (nSPS) is 11.4. The highest BCUT2D eigenvalue weighted by Gasteiger charge is 2.09. The van der Waals surface area contributed by atoms with Gasteiger partial charge >= 0.3 is 0 Å². The molecule has 2 heterocycles. The molecular formula is C19H24ClIN6OS. The highest BCUT2D eigenvalue weighted by molar-refractivity contribution is 14.0. The number of guanidine groups is 1. The van der Waals surface area contributed by atoms with E-state index >= 15 is 0 Å². The van der Waals surface area contributed by atoms with E-state index in [1.54, 1.807) is 23.5 Å². The summed E-state index contributed by atoms with van der Waals surface area (Å²) in [6.07, 6.45) is 0. The van der Waals surface area contributed by atoms with Crippen molar-refractivity contribution >= 4 is 52.9 Å². The number of rotatable bonds is 7. The summed E-state index contributed by atoms with van der Waals surface area (Å²) in [4.78, 5) is 13.5. The molecule has 0 atom stereocenters. The van der Waals surface area contributed by atoms with Crippen LogP contribution in [0.3, 0.4) is 0 Å². The first-order valence-electron chi connectivity index (χ1n) is 9.10. The van der Waals surface area contributed by atoms with E-state index in [1.807, 2.05) is 19.1 Å². The number of thiazole rings is 1. The number of nitrogens with zero attached hydrogens (tertiary/aromatic N) is 4. The molecule has 0 bridgehead atoms. The molecule has 3 rings (SSSR count). The van der Waals surface area contributed by atoms with Gasteiger partial charge in [0.2, 0.25) is 11.7 Å². The molecule has 0 aliphatic carbocycles. The fraction of sp³-hybridized carbons (Fsp3) is 0.368. The Hall–Kier alpha value is -1.72. The van der Waals surface area contributed by atoms with Crippen molar-refractivity contribution in [2.45, 2.75) is 39.8 Å². The molecule has 0 saturated heterocycles. The summed E-state index contributed by atoms with van der Waals surface area (Å²) in [5.41, 5.74) is 1.96. The largest absolute Gasteiger partial charge is 0.357 e. The average Bonchev–Trinajstić information content (AvgIpc) is 3.34. The van der Waals surface area contributed by atoms with Crippen LogP contribution in [0.4, 0.5) is 0 Å². The Bertz CT molecular complexity index is 925. The van der Waals surface area contributed by atoms with Crippen molar-refractivity contribution in [1.82, 2.24) is 25.8 Å². The van der Waals surface area contributed by atoms with Gasteiger partial charge in [0.25, 0.3) is 0 Å². The topological polar surface area (TPSA) is 88.2 Å². The van der Waals surface area contributed by atoms with Gasteiger partial charge in [-0.05, 0) is 37.1 Å². The predicted octanol–water partition coefficient (Wildman–Crippen LogP) is 4.84. The van der Waals surface area contributed by atoms with E-state index in [0.717, 1.165) is 22.8 Å². The highest BCUT2D eigenvalue weighted by atomic mass is 127. The zero-order valence-corrected chi connectivity index (χ0v) is 20.4. The summed E-state index contributed by atoms with van der Waals surface area (Å²) < 4.78 is 5.30. The summed E-state index contributed by atoms with van der Waals surface area (Å²) >= 11 is 7.56. The van der Waals surface area contributed by atoms with Crippen molar-refractivity contribution in [3.63, 3.8) is 0 Å². The van der Waals surface area contributed by atoms with Crippen LogP contribution in [0.1, 0.15) is 43.3 Å². The molecular weight excluding hydrogens is 523 g/mol. The lowest BCUT2D eigenvalue weighted by Gasteiger charge is -2.09. The first kappa shape index (κ1) is 23.6. The Labute approximate surface area is 196 Å². The van der Waals surface area contributed by atoms with Crippen LogP contribution in [-0.4, -0.2) is 27.6 Å². The SMILES string of the molecule is CCNC(=NCc1nc(-c2ccc(Cl)cc2)no1)NCc1nc(C(C)C)cs1.I. The second-order valence-electron chi connectivity index (χ2n) is 6.39. The lowest BCUT2D eigenvalue weighted by Crippen LogP contribution is -2.36. The molecule has 0 saturated carbocycles. The Morgan fingerprint density at radius 3 is 2.62 bits per heavy atom. The minimum Gasteiger partial charge on any atom is -0.357 e. The fourth-order valence-corrected chi connectivity index (χ4v) is 3.38. The Kier molecular flexibility index (Phi) is 9.31. The monoisotopic (exact) mass is 546 g/mol. The van der Waals surface area contributed by atoms with Crippen LogP contribution in [-0.2, 0) is 13.1 Å². The molecule has 2 aromatic heterocycles. The zero-order chi connectivity index (χ0) is 19.9. The third kappa shape index (κ3) is 6.93. The molecule has 1 aromatic carbocycles. The van der Waals surface area contributed by atoms with E-state index in [4.69, 9.17) is 16.1 Å². The van der Waals surface area contributed by atoms with Gasteiger partial charge in [0.1, 0.15) is 11.6 Å². The van der Waals surface area contributed by atoms with Crippen LogP contribution < -0.4 is 10.6 Å². The molecule has 0 fully saturated rings. The van der Waals surface area contributed by atoms with Gasteiger partial charge in [-0.1, -0.05) is 30.6 Å². The molecule has 10 heteroatoms. The number of hydrogen-bond acceptors (Lipinski definition) is 6. The number of hydrogen-bond donors (Lipinski definition) is 2. The molecule has 0 radical (unpaired) electrons. The first-order chi connectivity index (χ1) is 13.5. The molecule has 0 aliphatic rings. The zero-order valence-electron chi connectivity index (χ0n) is 16.5. The highest BCUT2D eigenvalue weighted by Crippen LogP contribution is 2.19. The molecule has 7 nitrogen and oxygen atoms in total. The van der Waals surface area contributed by atoms with E-state index < -0.39 is 0 Å². The Morgan fingerprint density at radius 1 is 1.21 bits per heavy atom. The van der Waals surface area contributed by atoms with Crippen LogP contribution in [0.25, 0.3) is 11.4 Å². The second kappa shape index (κ2) is 11.5. The van der Waals surface area contributed by atoms with Gasteiger partial charge in [-0.2, -0.15) is 4.98 Å². The number of halogens is 2. The Balaban J connectivity index is 0.00000300. The summed E-state index contributed by atoms with van der Waals surface area (Å²) in [6.45, 7) is 7.94. The number of nitrogens with one attached hydrogen (secondary N) is 2. The van der Waals surface area contributed by atoms with Crippen LogP contribution in [0.5, 0.6) is 0 Å². The van der Waals surface area contributed by atoms with Crippen LogP contribution in [0.15, 0.2) is 39.2 Å². The minimum absolute atomic E-state index is 0. The molecule has 156 valence electrons.